The average Bonchev–Trinajstić information content (AvgIpc) is 3.14. The zero-order valence-electron chi connectivity index (χ0n) is 12.2. The Kier molecular flexibility index (Phi) is 3.42. The van der Waals surface area contributed by atoms with Crippen LogP contribution < -0.4 is 0 Å². The van der Waals surface area contributed by atoms with Gasteiger partial charge in [-0.1, -0.05) is 0 Å². The fourth-order valence-electron chi connectivity index (χ4n) is 2.22. The first-order chi connectivity index (χ1) is 10.6. The Balaban J connectivity index is 1.87. The summed E-state index contributed by atoms with van der Waals surface area (Å²) >= 11 is 0. The highest BCUT2D eigenvalue weighted by molar-refractivity contribution is 5.99. The smallest absolute Gasteiger partial charge is 0.263 e. The van der Waals surface area contributed by atoms with Crippen molar-refractivity contribution in [2.45, 2.75) is 13.8 Å². The molecule has 110 valence electrons. The van der Waals surface area contributed by atoms with Gasteiger partial charge in [0.25, 0.3) is 11.8 Å². The standard InChI is InChI=1S/C16H14N4O2/c1-11-17-7-9-19(11)15(21)13-3-5-14(6-4-13)16(22)20-10-8-18-12(20)2/h3-10H,1-2H3. The molecule has 3 aromatic rings. The minimum Gasteiger partial charge on any atom is -0.270 e. The van der Waals surface area contributed by atoms with Crippen LogP contribution in [0.15, 0.2) is 49.1 Å². The number of hydrogen-bond acceptors (Lipinski definition) is 4. The third kappa shape index (κ3) is 2.35. The monoisotopic (exact) mass is 294 g/mol. The third-order valence-corrected chi connectivity index (χ3v) is 3.47. The highest BCUT2D eigenvalue weighted by Gasteiger charge is 2.14. The van der Waals surface area contributed by atoms with Crippen molar-refractivity contribution in [1.82, 2.24) is 19.1 Å². The summed E-state index contributed by atoms with van der Waals surface area (Å²) in [5.41, 5.74) is 1.00. The first-order valence-corrected chi connectivity index (χ1v) is 6.77. The van der Waals surface area contributed by atoms with E-state index in [0.29, 0.717) is 22.8 Å². The predicted molar refractivity (Wildman–Crippen MR) is 79.8 cm³/mol. The maximum absolute atomic E-state index is 12.3. The number of nitrogens with zero attached hydrogens (tertiary/aromatic N) is 4. The summed E-state index contributed by atoms with van der Waals surface area (Å²) in [6.07, 6.45) is 6.39. The molecule has 3 rings (SSSR count). The predicted octanol–water partition coefficient (Wildman–Crippen LogP) is 2.07. The van der Waals surface area contributed by atoms with E-state index in [1.807, 2.05) is 0 Å². The molecule has 0 bridgehead atoms. The topological polar surface area (TPSA) is 69.8 Å². The zero-order valence-corrected chi connectivity index (χ0v) is 12.2. The van der Waals surface area contributed by atoms with E-state index in [9.17, 15) is 9.59 Å². The second kappa shape index (κ2) is 5.40. The molecule has 22 heavy (non-hydrogen) atoms. The third-order valence-electron chi connectivity index (χ3n) is 3.47. The Hall–Kier alpha value is -3.02. The molecule has 2 aromatic heterocycles. The van der Waals surface area contributed by atoms with Gasteiger partial charge in [-0.15, -0.1) is 0 Å². The second-order valence-electron chi connectivity index (χ2n) is 4.88. The van der Waals surface area contributed by atoms with E-state index in [1.54, 1.807) is 62.9 Å². The summed E-state index contributed by atoms with van der Waals surface area (Å²) in [5, 5.41) is 0. The summed E-state index contributed by atoms with van der Waals surface area (Å²) in [5.74, 6) is 0.902. The Morgan fingerprint density at radius 1 is 0.773 bits per heavy atom. The van der Waals surface area contributed by atoms with Crippen molar-refractivity contribution in [2.24, 2.45) is 0 Å². The first-order valence-electron chi connectivity index (χ1n) is 6.77. The number of hydrogen-bond donors (Lipinski definition) is 0. The van der Waals surface area contributed by atoms with Gasteiger partial charge in [0, 0.05) is 35.9 Å². The molecule has 0 aliphatic heterocycles. The molecule has 0 atom stereocenters. The normalized spacial score (nSPS) is 10.6. The number of benzene rings is 1. The molecule has 0 spiro atoms. The molecule has 6 nitrogen and oxygen atoms in total. The van der Waals surface area contributed by atoms with Gasteiger partial charge in [-0.3, -0.25) is 18.7 Å². The van der Waals surface area contributed by atoms with Crippen LogP contribution in [0.3, 0.4) is 0 Å². The summed E-state index contributed by atoms with van der Waals surface area (Å²) in [6.45, 7) is 3.52. The van der Waals surface area contributed by atoms with Gasteiger partial charge in [-0.25, -0.2) is 9.97 Å². The van der Waals surface area contributed by atoms with Crippen molar-refractivity contribution in [2.75, 3.05) is 0 Å². The Bertz CT molecular complexity index is 772. The summed E-state index contributed by atoms with van der Waals surface area (Å²) in [7, 11) is 0. The average molecular weight is 294 g/mol. The quantitative estimate of drug-likeness (QED) is 0.725. The minimum atomic E-state index is -0.173. The maximum atomic E-state index is 12.3. The van der Waals surface area contributed by atoms with Crippen molar-refractivity contribution in [3.63, 3.8) is 0 Å². The van der Waals surface area contributed by atoms with E-state index in [2.05, 4.69) is 9.97 Å². The van der Waals surface area contributed by atoms with E-state index in [1.165, 1.54) is 9.13 Å². The zero-order chi connectivity index (χ0) is 15.7. The fraction of sp³-hybridized carbons (Fsp3) is 0.125. The van der Waals surface area contributed by atoms with E-state index in [-0.39, 0.29) is 11.8 Å². The van der Waals surface area contributed by atoms with Crippen molar-refractivity contribution in [3.05, 3.63) is 71.8 Å². The van der Waals surface area contributed by atoms with Crippen molar-refractivity contribution in [1.29, 1.82) is 0 Å². The van der Waals surface area contributed by atoms with Crippen LogP contribution in [0.2, 0.25) is 0 Å². The van der Waals surface area contributed by atoms with E-state index < -0.39 is 0 Å². The summed E-state index contributed by atoms with van der Waals surface area (Å²) < 4.78 is 2.94. The van der Waals surface area contributed by atoms with Crippen molar-refractivity contribution >= 4 is 11.8 Å². The van der Waals surface area contributed by atoms with E-state index >= 15 is 0 Å². The highest BCUT2D eigenvalue weighted by atomic mass is 16.2. The van der Waals surface area contributed by atoms with Crippen molar-refractivity contribution in [3.8, 4) is 0 Å². The molecular formula is C16H14N4O2. The van der Waals surface area contributed by atoms with Gasteiger partial charge in [0.05, 0.1) is 0 Å². The van der Waals surface area contributed by atoms with Crippen LogP contribution in [0.5, 0.6) is 0 Å². The largest absolute Gasteiger partial charge is 0.270 e. The van der Waals surface area contributed by atoms with Gasteiger partial charge >= 0.3 is 0 Å². The number of carbonyl (C=O) groups excluding carboxylic acids is 2. The Labute approximate surface area is 127 Å². The second-order valence-corrected chi connectivity index (χ2v) is 4.88. The van der Waals surface area contributed by atoms with Gasteiger partial charge in [-0.05, 0) is 38.1 Å². The van der Waals surface area contributed by atoms with Crippen molar-refractivity contribution < 1.29 is 9.59 Å². The van der Waals surface area contributed by atoms with Crippen LogP contribution in [-0.2, 0) is 0 Å². The SMILES string of the molecule is Cc1nccn1C(=O)c1ccc(C(=O)n2ccnc2C)cc1. The molecule has 6 heteroatoms. The van der Waals surface area contributed by atoms with Gasteiger partial charge < -0.3 is 0 Å². The molecule has 0 saturated carbocycles. The molecule has 2 heterocycles. The van der Waals surface area contributed by atoms with E-state index in [0.717, 1.165) is 0 Å². The van der Waals surface area contributed by atoms with Gasteiger partial charge in [-0.2, -0.15) is 0 Å². The number of aromatic nitrogens is 4. The first kappa shape index (κ1) is 13.9. The van der Waals surface area contributed by atoms with Crippen LogP contribution in [-0.4, -0.2) is 30.9 Å². The maximum Gasteiger partial charge on any atom is 0.263 e. The molecule has 0 saturated heterocycles. The lowest BCUT2D eigenvalue weighted by atomic mass is 10.1. The van der Waals surface area contributed by atoms with Gasteiger partial charge in [0.1, 0.15) is 11.6 Å². The highest BCUT2D eigenvalue weighted by Crippen LogP contribution is 2.10. The Morgan fingerprint density at radius 3 is 1.41 bits per heavy atom. The van der Waals surface area contributed by atoms with Crippen LogP contribution in [0.4, 0.5) is 0 Å². The Morgan fingerprint density at radius 2 is 1.14 bits per heavy atom. The van der Waals surface area contributed by atoms with Crippen LogP contribution in [0.25, 0.3) is 0 Å². The molecule has 1 aromatic carbocycles. The molecule has 0 fully saturated rings. The molecule has 0 radical (unpaired) electrons. The summed E-state index contributed by atoms with van der Waals surface area (Å²) in [4.78, 5) is 32.7. The fourth-order valence-corrected chi connectivity index (χ4v) is 2.22. The minimum absolute atomic E-state index is 0.173. The van der Waals surface area contributed by atoms with Crippen LogP contribution in [0.1, 0.15) is 32.4 Å². The number of imidazole rings is 2. The molecule has 0 unspecified atom stereocenters. The molecule has 0 aliphatic rings. The van der Waals surface area contributed by atoms with Gasteiger partial charge in [0.15, 0.2) is 0 Å². The van der Waals surface area contributed by atoms with Gasteiger partial charge in [0.2, 0.25) is 0 Å². The lowest BCUT2D eigenvalue weighted by molar-refractivity contribution is 0.0945. The van der Waals surface area contributed by atoms with Crippen LogP contribution in [0, 0.1) is 13.8 Å². The molecular weight excluding hydrogens is 280 g/mol. The van der Waals surface area contributed by atoms with E-state index in [4.69, 9.17) is 0 Å². The molecule has 0 aliphatic carbocycles. The number of rotatable bonds is 2. The summed E-state index contributed by atoms with van der Waals surface area (Å²) in [6, 6.07) is 6.56. The number of carbonyl (C=O) groups is 2. The molecule has 0 amide bonds. The lowest BCUT2D eigenvalue weighted by Crippen LogP contribution is -2.15. The number of aryl methyl sites for hydroxylation is 2. The lowest BCUT2D eigenvalue weighted by Gasteiger charge is -2.06. The van der Waals surface area contributed by atoms with Crippen LogP contribution >= 0.6 is 0 Å². The molecule has 0 N–H and O–H groups in total.